The van der Waals surface area contributed by atoms with E-state index < -0.39 is 17.5 Å². The summed E-state index contributed by atoms with van der Waals surface area (Å²) in [6.45, 7) is 1.87. The zero-order valence-electron chi connectivity index (χ0n) is 13.2. The number of nitrogens with zero attached hydrogens (tertiary/aromatic N) is 1. The van der Waals surface area contributed by atoms with E-state index in [9.17, 15) is 15.0 Å². The van der Waals surface area contributed by atoms with E-state index in [-0.39, 0.29) is 5.92 Å². The van der Waals surface area contributed by atoms with Gasteiger partial charge in [-0.3, -0.25) is 4.79 Å². The van der Waals surface area contributed by atoms with E-state index >= 15 is 0 Å². The Labute approximate surface area is 149 Å². The van der Waals surface area contributed by atoms with Crippen molar-refractivity contribution < 1.29 is 15.0 Å². The van der Waals surface area contributed by atoms with Crippen LogP contribution in [0.4, 0.5) is 5.69 Å². The van der Waals surface area contributed by atoms with Crippen LogP contribution in [0.2, 0.25) is 5.02 Å². The first kappa shape index (κ1) is 17.2. The largest absolute Gasteiger partial charge is 0.481 e. The highest BCUT2D eigenvalue weighted by atomic mass is 35.5. The Bertz CT molecular complexity index is 759. The number of nitrogen functional groups attached to an aromatic ring is 1. The number of aliphatic carboxylic acids is 1. The summed E-state index contributed by atoms with van der Waals surface area (Å²) in [6.07, 6.45) is 2.95. The smallest absolute Gasteiger partial charge is 0.306 e. The van der Waals surface area contributed by atoms with Crippen molar-refractivity contribution in [2.24, 2.45) is 11.8 Å². The number of thiazole rings is 1. The van der Waals surface area contributed by atoms with E-state index in [1.807, 2.05) is 19.1 Å². The zero-order valence-corrected chi connectivity index (χ0v) is 14.8. The fourth-order valence-electron chi connectivity index (χ4n) is 3.39. The summed E-state index contributed by atoms with van der Waals surface area (Å²) < 4.78 is 0. The third kappa shape index (κ3) is 3.27. The van der Waals surface area contributed by atoms with Crippen molar-refractivity contribution in [3.05, 3.63) is 34.4 Å². The topological polar surface area (TPSA) is 96.4 Å². The summed E-state index contributed by atoms with van der Waals surface area (Å²) in [5.41, 5.74) is 6.19. The fourth-order valence-corrected chi connectivity index (χ4v) is 4.67. The number of benzene rings is 1. The summed E-state index contributed by atoms with van der Waals surface area (Å²) in [7, 11) is 0. The van der Waals surface area contributed by atoms with E-state index in [1.54, 1.807) is 12.3 Å². The molecule has 24 heavy (non-hydrogen) atoms. The molecule has 7 heteroatoms. The molecule has 1 aromatic carbocycles. The second kappa shape index (κ2) is 6.35. The third-order valence-corrected chi connectivity index (χ3v) is 6.10. The van der Waals surface area contributed by atoms with Crippen molar-refractivity contribution in [1.29, 1.82) is 0 Å². The molecule has 3 atom stereocenters. The molecule has 1 aliphatic carbocycles. The normalized spacial score (nSPS) is 27.1. The maximum Gasteiger partial charge on any atom is 0.306 e. The summed E-state index contributed by atoms with van der Waals surface area (Å²) in [5.74, 6) is -1.30. The molecule has 128 valence electrons. The lowest BCUT2D eigenvalue weighted by Gasteiger charge is -2.37. The second-order valence-electron chi connectivity index (χ2n) is 6.50. The first-order valence-corrected chi connectivity index (χ1v) is 8.96. The van der Waals surface area contributed by atoms with Crippen LogP contribution in [0.25, 0.3) is 10.4 Å². The predicted octanol–water partition coefficient (Wildman–Crippen LogP) is 3.75. The van der Waals surface area contributed by atoms with E-state index in [2.05, 4.69) is 4.98 Å². The molecule has 4 N–H and O–H groups in total. The third-order valence-electron chi connectivity index (χ3n) is 4.64. The van der Waals surface area contributed by atoms with Crippen LogP contribution in [0.15, 0.2) is 24.4 Å². The quantitative estimate of drug-likeness (QED) is 0.719. The summed E-state index contributed by atoms with van der Waals surface area (Å²) in [6, 6.07) is 5.30. The number of carboxylic acid groups (broad SMARTS) is 1. The standard InChI is InChI=1S/C17H19ClN2O3S/c1-9-7-17(23,3-2-13(9)15(21)22)16-20-8-14(24-16)10-4-11(18)6-12(19)5-10/h4-6,8-9,13,23H,2-3,7,19H2,1H3,(H,21,22)/t9?,13-,17?/m0/s1. The number of carbonyl (C=O) groups is 1. The van der Waals surface area contributed by atoms with Gasteiger partial charge < -0.3 is 15.9 Å². The molecule has 0 aliphatic heterocycles. The Morgan fingerprint density at radius 1 is 1.46 bits per heavy atom. The van der Waals surface area contributed by atoms with Gasteiger partial charge in [0.2, 0.25) is 0 Å². The number of carboxylic acids is 1. The number of rotatable bonds is 3. The lowest BCUT2D eigenvalue weighted by atomic mass is 9.72. The molecule has 1 aliphatic rings. The molecule has 0 amide bonds. The maximum absolute atomic E-state index is 11.2. The minimum atomic E-state index is -1.07. The molecule has 0 spiro atoms. The Morgan fingerprint density at radius 3 is 2.83 bits per heavy atom. The van der Waals surface area contributed by atoms with Crippen LogP contribution in [0.1, 0.15) is 31.2 Å². The number of anilines is 1. The SMILES string of the molecule is CC1CC(O)(c2ncc(-c3cc(N)cc(Cl)c3)s2)CC[C@@H]1C(=O)O. The van der Waals surface area contributed by atoms with Gasteiger partial charge in [-0.25, -0.2) is 4.98 Å². The van der Waals surface area contributed by atoms with Gasteiger partial charge in [0.1, 0.15) is 10.6 Å². The fraction of sp³-hybridized carbons (Fsp3) is 0.412. The molecular formula is C17H19ClN2O3S. The van der Waals surface area contributed by atoms with Gasteiger partial charge in [0.15, 0.2) is 0 Å². The number of halogens is 1. The molecule has 0 saturated heterocycles. The average Bonchev–Trinajstić information content (AvgIpc) is 2.96. The highest BCUT2D eigenvalue weighted by molar-refractivity contribution is 7.15. The molecule has 0 bridgehead atoms. The molecule has 2 aromatic rings. The van der Waals surface area contributed by atoms with Gasteiger partial charge in [-0.05, 0) is 48.9 Å². The van der Waals surface area contributed by atoms with E-state index in [1.165, 1.54) is 11.3 Å². The van der Waals surface area contributed by atoms with Crippen molar-refractivity contribution in [1.82, 2.24) is 4.98 Å². The molecule has 1 fully saturated rings. The van der Waals surface area contributed by atoms with Crippen LogP contribution in [-0.4, -0.2) is 21.2 Å². The Morgan fingerprint density at radius 2 is 2.21 bits per heavy atom. The summed E-state index contributed by atoms with van der Waals surface area (Å²) in [5, 5.41) is 21.4. The highest BCUT2D eigenvalue weighted by Gasteiger charge is 2.43. The molecule has 5 nitrogen and oxygen atoms in total. The summed E-state index contributed by atoms with van der Waals surface area (Å²) in [4.78, 5) is 16.5. The molecule has 1 aromatic heterocycles. The number of hydrogen-bond donors (Lipinski definition) is 3. The maximum atomic E-state index is 11.2. The first-order valence-electron chi connectivity index (χ1n) is 7.76. The molecule has 1 heterocycles. The van der Waals surface area contributed by atoms with Crippen LogP contribution < -0.4 is 5.73 Å². The minimum absolute atomic E-state index is 0.101. The highest BCUT2D eigenvalue weighted by Crippen LogP contribution is 2.45. The molecule has 0 radical (unpaired) electrons. The number of aliphatic hydroxyl groups is 1. The van der Waals surface area contributed by atoms with E-state index in [0.29, 0.717) is 35.0 Å². The predicted molar refractivity (Wildman–Crippen MR) is 95.0 cm³/mol. The average molecular weight is 367 g/mol. The first-order chi connectivity index (χ1) is 11.3. The summed E-state index contributed by atoms with van der Waals surface area (Å²) >= 11 is 7.44. The van der Waals surface area contributed by atoms with Gasteiger partial charge in [-0.15, -0.1) is 11.3 Å². The number of hydrogen-bond acceptors (Lipinski definition) is 5. The van der Waals surface area contributed by atoms with Crippen molar-refractivity contribution in [3.8, 4) is 10.4 Å². The van der Waals surface area contributed by atoms with Crippen LogP contribution in [0, 0.1) is 11.8 Å². The van der Waals surface area contributed by atoms with Crippen molar-refractivity contribution >= 4 is 34.6 Å². The van der Waals surface area contributed by atoms with Crippen LogP contribution in [0.3, 0.4) is 0 Å². The molecule has 1 saturated carbocycles. The van der Waals surface area contributed by atoms with Gasteiger partial charge >= 0.3 is 5.97 Å². The molecule has 3 rings (SSSR count). The van der Waals surface area contributed by atoms with Crippen molar-refractivity contribution in [2.45, 2.75) is 31.8 Å². The van der Waals surface area contributed by atoms with E-state index in [4.69, 9.17) is 17.3 Å². The van der Waals surface area contributed by atoms with Crippen LogP contribution >= 0.6 is 22.9 Å². The molecular weight excluding hydrogens is 348 g/mol. The van der Waals surface area contributed by atoms with Gasteiger partial charge in [-0.1, -0.05) is 18.5 Å². The lowest BCUT2D eigenvalue weighted by Crippen LogP contribution is -2.38. The number of aromatic nitrogens is 1. The monoisotopic (exact) mass is 366 g/mol. The van der Waals surface area contributed by atoms with Crippen molar-refractivity contribution in [3.63, 3.8) is 0 Å². The Hall–Kier alpha value is -1.63. The minimum Gasteiger partial charge on any atom is -0.481 e. The van der Waals surface area contributed by atoms with Crippen molar-refractivity contribution in [2.75, 3.05) is 5.73 Å². The van der Waals surface area contributed by atoms with Gasteiger partial charge in [0, 0.05) is 16.9 Å². The number of nitrogens with two attached hydrogens (primary N) is 1. The van der Waals surface area contributed by atoms with Gasteiger partial charge in [0.05, 0.1) is 10.8 Å². The Kier molecular flexibility index (Phi) is 4.55. The van der Waals surface area contributed by atoms with Gasteiger partial charge in [-0.2, -0.15) is 0 Å². The lowest BCUT2D eigenvalue weighted by molar-refractivity contribution is -0.148. The van der Waals surface area contributed by atoms with Crippen LogP contribution in [0.5, 0.6) is 0 Å². The zero-order chi connectivity index (χ0) is 17.5. The molecule has 2 unspecified atom stereocenters. The second-order valence-corrected chi connectivity index (χ2v) is 7.97. The van der Waals surface area contributed by atoms with Gasteiger partial charge in [0.25, 0.3) is 0 Å². The van der Waals surface area contributed by atoms with Crippen LogP contribution in [-0.2, 0) is 10.4 Å². The Balaban J connectivity index is 1.86. The van der Waals surface area contributed by atoms with E-state index in [0.717, 1.165) is 10.4 Å².